The van der Waals surface area contributed by atoms with Crippen LogP contribution < -0.4 is 0 Å². The number of aliphatic carboxylic acids is 1. The van der Waals surface area contributed by atoms with Crippen molar-refractivity contribution in [3.63, 3.8) is 0 Å². The summed E-state index contributed by atoms with van der Waals surface area (Å²) >= 11 is 1.75. The van der Waals surface area contributed by atoms with Gasteiger partial charge in [-0.2, -0.15) is 5.10 Å². The van der Waals surface area contributed by atoms with Crippen molar-refractivity contribution in [2.75, 3.05) is 13.1 Å². The Labute approximate surface area is 127 Å². The average molecular weight is 305 g/mol. The molecule has 0 bridgehead atoms. The van der Waals surface area contributed by atoms with Gasteiger partial charge in [0.2, 0.25) is 0 Å². The second-order valence-corrected chi connectivity index (χ2v) is 6.69. The van der Waals surface area contributed by atoms with Gasteiger partial charge in [0.05, 0.1) is 6.20 Å². The van der Waals surface area contributed by atoms with Gasteiger partial charge in [-0.1, -0.05) is 6.07 Å². The third-order valence-corrected chi connectivity index (χ3v) is 5.05. The van der Waals surface area contributed by atoms with Crippen LogP contribution in [0.1, 0.15) is 23.3 Å². The quantitative estimate of drug-likeness (QED) is 0.942. The molecular weight excluding hydrogens is 286 g/mol. The van der Waals surface area contributed by atoms with Crippen molar-refractivity contribution in [2.45, 2.75) is 31.8 Å². The minimum Gasteiger partial charge on any atom is -0.479 e. The van der Waals surface area contributed by atoms with Crippen molar-refractivity contribution >= 4 is 17.3 Å². The van der Waals surface area contributed by atoms with Gasteiger partial charge in [-0.3, -0.25) is 9.58 Å². The zero-order valence-electron chi connectivity index (χ0n) is 12.0. The van der Waals surface area contributed by atoms with E-state index in [9.17, 15) is 9.90 Å². The Balaban J connectivity index is 1.73. The van der Waals surface area contributed by atoms with E-state index >= 15 is 0 Å². The van der Waals surface area contributed by atoms with Gasteiger partial charge < -0.3 is 5.11 Å². The van der Waals surface area contributed by atoms with Crippen LogP contribution in [0, 0.1) is 6.92 Å². The lowest BCUT2D eigenvalue weighted by Crippen LogP contribution is -2.51. The Hall–Kier alpha value is -1.66. The molecule has 0 spiro atoms. The number of aromatic nitrogens is 2. The first kappa shape index (κ1) is 14.3. The number of hydrogen-bond acceptors (Lipinski definition) is 4. The SMILES string of the molecule is Cc1cnn(C2(C(=O)O)CCN(Cc3cccs3)CC2)c1. The number of carboxylic acids is 1. The molecule has 2 aromatic rings. The maximum absolute atomic E-state index is 11.8. The highest BCUT2D eigenvalue weighted by molar-refractivity contribution is 7.09. The van der Waals surface area contributed by atoms with Gasteiger partial charge in [0.25, 0.3) is 0 Å². The summed E-state index contributed by atoms with van der Waals surface area (Å²) in [5.41, 5.74) is 0.108. The van der Waals surface area contributed by atoms with E-state index in [1.54, 1.807) is 22.2 Å². The highest BCUT2D eigenvalue weighted by Gasteiger charge is 2.44. The maximum Gasteiger partial charge on any atom is 0.331 e. The van der Waals surface area contributed by atoms with Gasteiger partial charge in [-0.05, 0) is 36.8 Å². The van der Waals surface area contributed by atoms with Crippen LogP contribution in [-0.2, 0) is 16.9 Å². The number of rotatable bonds is 4. The summed E-state index contributed by atoms with van der Waals surface area (Å²) in [6.07, 6.45) is 4.75. The van der Waals surface area contributed by atoms with Crippen molar-refractivity contribution in [3.8, 4) is 0 Å². The first-order valence-corrected chi connectivity index (χ1v) is 7.98. The number of hydrogen-bond donors (Lipinski definition) is 1. The first-order valence-electron chi connectivity index (χ1n) is 7.10. The monoisotopic (exact) mass is 305 g/mol. The predicted molar refractivity (Wildman–Crippen MR) is 81.4 cm³/mol. The molecule has 1 saturated heterocycles. The normalized spacial score (nSPS) is 18.7. The molecule has 2 aromatic heterocycles. The molecule has 0 aromatic carbocycles. The number of likely N-dealkylation sites (tertiary alicyclic amines) is 1. The number of thiophene rings is 1. The van der Waals surface area contributed by atoms with E-state index in [2.05, 4.69) is 27.5 Å². The lowest BCUT2D eigenvalue weighted by atomic mass is 9.87. The molecular formula is C15H19N3O2S. The van der Waals surface area contributed by atoms with Crippen molar-refractivity contribution in [2.24, 2.45) is 0 Å². The molecule has 0 saturated carbocycles. The summed E-state index contributed by atoms with van der Waals surface area (Å²) in [5, 5.41) is 16.0. The Kier molecular flexibility index (Phi) is 3.82. The van der Waals surface area contributed by atoms with E-state index in [1.807, 2.05) is 13.1 Å². The number of carbonyl (C=O) groups is 1. The van der Waals surface area contributed by atoms with Crippen LogP contribution in [0.4, 0.5) is 0 Å². The lowest BCUT2D eigenvalue weighted by molar-refractivity contribution is -0.151. The summed E-state index contributed by atoms with van der Waals surface area (Å²) in [6.45, 7) is 4.41. The summed E-state index contributed by atoms with van der Waals surface area (Å²) in [7, 11) is 0. The van der Waals surface area contributed by atoms with Crippen LogP contribution in [0.3, 0.4) is 0 Å². The minimum absolute atomic E-state index is 0.592. The van der Waals surface area contributed by atoms with Crippen LogP contribution in [0.5, 0.6) is 0 Å². The largest absolute Gasteiger partial charge is 0.479 e. The Morgan fingerprint density at radius 1 is 1.48 bits per heavy atom. The molecule has 0 atom stereocenters. The van der Waals surface area contributed by atoms with E-state index in [0.717, 1.165) is 25.2 Å². The van der Waals surface area contributed by atoms with Gasteiger partial charge >= 0.3 is 5.97 Å². The first-order chi connectivity index (χ1) is 10.1. The van der Waals surface area contributed by atoms with Gasteiger partial charge in [0.15, 0.2) is 5.54 Å². The fourth-order valence-electron chi connectivity index (χ4n) is 2.89. The zero-order valence-corrected chi connectivity index (χ0v) is 12.8. The lowest BCUT2D eigenvalue weighted by Gasteiger charge is -2.38. The number of carboxylic acid groups (broad SMARTS) is 1. The fourth-order valence-corrected chi connectivity index (χ4v) is 3.64. The van der Waals surface area contributed by atoms with Gasteiger partial charge in [-0.15, -0.1) is 11.3 Å². The summed E-state index contributed by atoms with van der Waals surface area (Å²) in [6, 6.07) is 4.18. The standard InChI is InChI=1S/C15H19N3O2S/c1-12-9-16-18(10-12)15(14(19)20)4-6-17(7-5-15)11-13-3-2-8-21-13/h2-3,8-10H,4-7,11H2,1H3,(H,19,20). The zero-order chi connectivity index (χ0) is 14.9. The van der Waals surface area contributed by atoms with E-state index in [1.165, 1.54) is 4.88 Å². The molecule has 0 aliphatic carbocycles. The summed E-state index contributed by atoms with van der Waals surface area (Å²) in [5.74, 6) is -0.777. The average Bonchev–Trinajstić information content (AvgIpc) is 3.11. The molecule has 112 valence electrons. The second-order valence-electron chi connectivity index (χ2n) is 5.65. The van der Waals surface area contributed by atoms with Crippen LogP contribution in [0.15, 0.2) is 29.9 Å². The smallest absolute Gasteiger partial charge is 0.331 e. The topological polar surface area (TPSA) is 58.4 Å². The van der Waals surface area contributed by atoms with Crippen molar-refractivity contribution in [1.29, 1.82) is 0 Å². The predicted octanol–water partition coefficient (Wildman–Crippen LogP) is 2.33. The van der Waals surface area contributed by atoms with Gasteiger partial charge in [-0.25, -0.2) is 4.79 Å². The summed E-state index contributed by atoms with van der Waals surface area (Å²) < 4.78 is 1.65. The molecule has 0 amide bonds. The number of piperidine rings is 1. The summed E-state index contributed by atoms with van der Waals surface area (Å²) in [4.78, 5) is 15.5. The second kappa shape index (κ2) is 5.61. The van der Waals surface area contributed by atoms with Crippen LogP contribution in [-0.4, -0.2) is 38.8 Å². The molecule has 3 heterocycles. The van der Waals surface area contributed by atoms with Crippen molar-refractivity contribution in [1.82, 2.24) is 14.7 Å². The number of nitrogens with zero attached hydrogens (tertiary/aromatic N) is 3. The molecule has 0 radical (unpaired) electrons. The third-order valence-electron chi connectivity index (χ3n) is 4.19. The maximum atomic E-state index is 11.8. The molecule has 1 fully saturated rings. The van der Waals surface area contributed by atoms with E-state index in [4.69, 9.17) is 0 Å². The Morgan fingerprint density at radius 2 is 2.24 bits per heavy atom. The molecule has 3 rings (SSSR count). The van der Waals surface area contributed by atoms with Crippen LogP contribution in [0.2, 0.25) is 0 Å². The Bertz CT molecular complexity index is 613. The Morgan fingerprint density at radius 3 is 2.76 bits per heavy atom. The molecule has 5 nitrogen and oxygen atoms in total. The van der Waals surface area contributed by atoms with E-state index in [-0.39, 0.29) is 0 Å². The highest BCUT2D eigenvalue weighted by atomic mass is 32.1. The molecule has 1 aliphatic heterocycles. The van der Waals surface area contributed by atoms with E-state index < -0.39 is 11.5 Å². The third kappa shape index (κ3) is 2.73. The van der Waals surface area contributed by atoms with Gasteiger partial charge in [0.1, 0.15) is 0 Å². The molecule has 1 aliphatic rings. The molecule has 0 unspecified atom stereocenters. The minimum atomic E-state index is -0.889. The molecule has 1 N–H and O–H groups in total. The van der Waals surface area contributed by atoms with E-state index in [0.29, 0.717) is 12.8 Å². The van der Waals surface area contributed by atoms with Gasteiger partial charge in [0, 0.05) is 30.7 Å². The van der Waals surface area contributed by atoms with Crippen molar-refractivity contribution in [3.05, 3.63) is 40.3 Å². The fraction of sp³-hybridized carbons (Fsp3) is 0.467. The highest BCUT2D eigenvalue weighted by Crippen LogP contribution is 2.31. The van der Waals surface area contributed by atoms with Crippen LogP contribution >= 0.6 is 11.3 Å². The molecule has 6 heteroatoms. The van der Waals surface area contributed by atoms with Crippen LogP contribution in [0.25, 0.3) is 0 Å². The number of aryl methyl sites for hydroxylation is 1. The van der Waals surface area contributed by atoms with Crippen molar-refractivity contribution < 1.29 is 9.90 Å². The molecule has 21 heavy (non-hydrogen) atoms.